The predicted molar refractivity (Wildman–Crippen MR) is 89.2 cm³/mol. The first kappa shape index (κ1) is 14.5. The molecule has 3 aromatic rings. The van der Waals surface area contributed by atoms with Gasteiger partial charge in [-0.15, -0.1) is 0 Å². The molecule has 0 amide bonds. The van der Waals surface area contributed by atoms with Gasteiger partial charge in [-0.05, 0) is 59.5 Å². The molecule has 0 aliphatic carbocycles. The van der Waals surface area contributed by atoms with Gasteiger partial charge in [-0.2, -0.15) is 0 Å². The molecule has 3 rings (SSSR count). The minimum atomic E-state index is 0.210. The van der Waals surface area contributed by atoms with Gasteiger partial charge in [0.1, 0.15) is 17.2 Å². The molecule has 4 heteroatoms. The van der Waals surface area contributed by atoms with E-state index in [-0.39, 0.29) is 5.75 Å². The number of aromatic hydroxyl groups is 1. The van der Waals surface area contributed by atoms with Gasteiger partial charge in [-0.3, -0.25) is 0 Å². The molecule has 0 bridgehead atoms. The fraction of sp³-hybridized carbons (Fsp3) is 0.111. The number of benzene rings is 3. The van der Waals surface area contributed by atoms with Gasteiger partial charge in [0.2, 0.25) is 0 Å². The monoisotopic (exact) mass is 314 g/mol. The van der Waals surface area contributed by atoms with Crippen LogP contribution in [-0.2, 0) is 0 Å². The average Bonchev–Trinajstić information content (AvgIpc) is 2.53. The van der Waals surface area contributed by atoms with Crippen molar-refractivity contribution in [1.82, 2.24) is 0 Å². The topological polar surface area (TPSA) is 38.7 Å². The predicted octanol–water partition coefficient (Wildman–Crippen LogP) is 4.88. The minimum absolute atomic E-state index is 0.210. The summed E-state index contributed by atoms with van der Waals surface area (Å²) in [6.07, 6.45) is 0. The highest BCUT2D eigenvalue weighted by molar-refractivity contribution is 6.33. The lowest BCUT2D eigenvalue weighted by Crippen LogP contribution is -1.87. The first-order valence-electron chi connectivity index (χ1n) is 6.77. The molecule has 22 heavy (non-hydrogen) atoms. The third-order valence-electron chi connectivity index (χ3n) is 3.63. The van der Waals surface area contributed by atoms with Crippen LogP contribution in [0, 0.1) is 0 Å². The van der Waals surface area contributed by atoms with E-state index in [9.17, 15) is 5.11 Å². The Kier molecular flexibility index (Phi) is 3.82. The Labute approximate surface area is 133 Å². The van der Waals surface area contributed by atoms with Gasteiger partial charge in [0.25, 0.3) is 0 Å². The summed E-state index contributed by atoms with van der Waals surface area (Å²) < 4.78 is 10.4. The van der Waals surface area contributed by atoms with Crippen molar-refractivity contribution in [2.45, 2.75) is 0 Å². The standard InChI is InChI=1S/C18H15ClO3/c1-21-13-4-6-16-11(8-13)7-12(9-18(16)20)15-5-3-14(22-2)10-17(15)19/h3-10,20H,1-2H3. The Morgan fingerprint density at radius 3 is 2.23 bits per heavy atom. The van der Waals surface area contributed by atoms with E-state index in [2.05, 4.69) is 0 Å². The molecule has 0 radical (unpaired) electrons. The number of hydrogen-bond donors (Lipinski definition) is 1. The first-order chi connectivity index (χ1) is 10.6. The van der Waals surface area contributed by atoms with E-state index in [1.807, 2.05) is 36.4 Å². The van der Waals surface area contributed by atoms with E-state index < -0.39 is 0 Å². The molecule has 0 heterocycles. The van der Waals surface area contributed by atoms with E-state index in [0.717, 1.165) is 27.6 Å². The van der Waals surface area contributed by atoms with Gasteiger partial charge < -0.3 is 14.6 Å². The van der Waals surface area contributed by atoms with Crippen molar-refractivity contribution < 1.29 is 14.6 Å². The van der Waals surface area contributed by atoms with E-state index >= 15 is 0 Å². The third-order valence-corrected chi connectivity index (χ3v) is 3.94. The van der Waals surface area contributed by atoms with Crippen molar-refractivity contribution in [3.05, 3.63) is 53.6 Å². The lowest BCUT2D eigenvalue weighted by molar-refractivity contribution is 0.415. The fourth-order valence-corrected chi connectivity index (χ4v) is 2.75. The summed E-state index contributed by atoms with van der Waals surface area (Å²) in [5, 5.41) is 12.5. The SMILES string of the molecule is COc1ccc(-c2cc(O)c3ccc(OC)cc3c2)c(Cl)c1. The summed E-state index contributed by atoms with van der Waals surface area (Å²) in [4.78, 5) is 0. The Balaban J connectivity index is 2.18. The van der Waals surface area contributed by atoms with Crippen LogP contribution in [0.3, 0.4) is 0 Å². The number of phenols is 1. The van der Waals surface area contributed by atoms with Gasteiger partial charge in [0.15, 0.2) is 0 Å². The second-order valence-corrected chi connectivity index (χ2v) is 5.34. The maximum Gasteiger partial charge on any atom is 0.124 e. The quantitative estimate of drug-likeness (QED) is 0.748. The molecule has 3 aromatic carbocycles. The van der Waals surface area contributed by atoms with Crippen LogP contribution in [0.4, 0.5) is 0 Å². The maximum atomic E-state index is 10.3. The van der Waals surface area contributed by atoms with E-state index in [1.54, 1.807) is 26.4 Å². The molecule has 3 nitrogen and oxygen atoms in total. The first-order valence-corrected chi connectivity index (χ1v) is 7.15. The van der Waals surface area contributed by atoms with Gasteiger partial charge >= 0.3 is 0 Å². The Morgan fingerprint density at radius 2 is 1.55 bits per heavy atom. The van der Waals surface area contributed by atoms with Crippen molar-refractivity contribution in [3.8, 4) is 28.4 Å². The normalized spacial score (nSPS) is 10.7. The zero-order valence-electron chi connectivity index (χ0n) is 12.3. The Bertz CT molecular complexity index is 843. The Morgan fingerprint density at radius 1 is 0.864 bits per heavy atom. The van der Waals surface area contributed by atoms with Crippen molar-refractivity contribution in [2.75, 3.05) is 14.2 Å². The zero-order valence-corrected chi connectivity index (χ0v) is 13.0. The largest absolute Gasteiger partial charge is 0.507 e. The van der Waals surface area contributed by atoms with Crippen molar-refractivity contribution in [2.24, 2.45) is 0 Å². The highest BCUT2D eigenvalue weighted by Crippen LogP contribution is 2.37. The molecule has 0 fully saturated rings. The highest BCUT2D eigenvalue weighted by atomic mass is 35.5. The van der Waals surface area contributed by atoms with Gasteiger partial charge in [-0.1, -0.05) is 11.6 Å². The van der Waals surface area contributed by atoms with E-state index in [1.165, 1.54) is 0 Å². The molecule has 0 saturated carbocycles. The van der Waals surface area contributed by atoms with E-state index in [4.69, 9.17) is 21.1 Å². The van der Waals surface area contributed by atoms with Gasteiger partial charge in [0.05, 0.1) is 19.2 Å². The second-order valence-electron chi connectivity index (χ2n) is 4.93. The molecule has 0 aromatic heterocycles. The number of halogens is 1. The smallest absolute Gasteiger partial charge is 0.124 e. The summed E-state index contributed by atoms with van der Waals surface area (Å²) in [6, 6.07) is 14.7. The molecule has 0 unspecified atom stereocenters. The van der Waals surface area contributed by atoms with Crippen LogP contribution < -0.4 is 9.47 Å². The van der Waals surface area contributed by atoms with Crippen LogP contribution in [0.1, 0.15) is 0 Å². The van der Waals surface area contributed by atoms with Gasteiger partial charge in [-0.25, -0.2) is 0 Å². The van der Waals surface area contributed by atoms with Crippen LogP contribution in [0.5, 0.6) is 17.2 Å². The van der Waals surface area contributed by atoms with Crippen LogP contribution >= 0.6 is 11.6 Å². The molecule has 0 atom stereocenters. The summed E-state index contributed by atoms with van der Waals surface area (Å²) in [5.41, 5.74) is 1.67. The number of methoxy groups -OCH3 is 2. The second kappa shape index (κ2) is 5.78. The number of phenolic OH excluding ortho intramolecular Hbond substituents is 1. The summed E-state index contributed by atoms with van der Waals surface area (Å²) in [5.74, 6) is 1.65. The third kappa shape index (κ3) is 2.55. The zero-order chi connectivity index (χ0) is 15.7. The minimum Gasteiger partial charge on any atom is -0.507 e. The average molecular weight is 315 g/mol. The van der Waals surface area contributed by atoms with Crippen molar-refractivity contribution in [1.29, 1.82) is 0 Å². The maximum absolute atomic E-state index is 10.3. The molecular formula is C18H15ClO3. The lowest BCUT2D eigenvalue weighted by atomic mass is 10.00. The summed E-state index contributed by atoms with van der Waals surface area (Å²) >= 11 is 6.32. The number of fused-ring (bicyclic) bond motifs is 1. The lowest BCUT2D eigenvalue weighted by Gasteiger charge is -2.10. The molecular weight excluding hydrogens is 300 g/mol. The van der Waals surface area contributed by atoms with Crippen LogP contribution in [0.2, 0.25) is 5.02 Å². The van der Waals surface area contributed by atoms with Crippen molar-refractivity contribution in [3.63, 3.8) is 0 Å². The van der Waals surface area contributed by atoms with Crippen LogP contribution in [0.15, 0.2) is 48.5 Å². The number of hydrogen-bond acceptors (Lipinski definition) is 3. The summed E-state index contributed by atoms with van der Waals surface area (Å²) in [7, 11) is 3.21. The molecule has 1 N–H and O–H groups in total. The molecule has 0 saturated heterocycles. The Hall–Kier alpha value is -2.39. The van der Waals surface area contributed by atoms with Gasteiger partial charge in [0, 0.05) is 10.9 Å². The fourth-order valence-electron chi connectivity index (χ4n) is 2.47. The molecule has 0 aliphatic heterocycles. The number of rotatable bonds is 3. The summed E-state index contributed by atoms with van der Waals surface area (Å²) in [6.45, 7) is 0. The number of ether oxygens (including phenoxy) is 2. The molecule has 112 valence electrons. The molecule has 0 spiro atoms. The molecule has 0 aliphatic rings. The van der Waals surface area contributed by atoms with E-state index in [0.29, 0.717) is 10.8 Å². The van der Waals surface area contributed by atoms with Crippen LogP contribution in [0.25, 0.3) is 21.9 Å². The highest BCUT2D eigenvalue weighted by Gasteiger charge is 2.10. The van der Waals surface area contributed by atoms with Crippen molar-refractivity contribution >= 4 is 22.4 Å². The van der Waals surface area contributed by atoms with Crippen LogP contribution in [-0.4, -0.2) is 19.3 Å².